The number of carbonyl (C=O) groups excluding carboxylic acids is 1. The summed E-state index contributed by atoms with van der Waals surface area (Å²) in [6.07, 6.45) is 3.69. The lowest BCUT2D eigenvalue weighted by Crippen LogP contribution is -2.19. The molecule has 0 heterocycles. The second kappa shape index (κ2) is 9.80. The zero-order valence-corrected chi connectivity index (χ0v) is 15.9. The van der Waals surface area contributed by atoms with E-state index < -0.39 is 0 Å². The zero-order chi connectivity index (χ0) is 16.5. The topological polar surface area (TPSA) is 41.5 Å². The van der Waals surface area contributed by atoms with Crippen molar-refractivity contribution in [2.24, 2.45) is 5.10 Å². The van der Waals surface area contributed by atoms with Crippen LogP contribution in [0.3, 0.4) is 0 Å². The number of hydrogen-bond acceptors (Lipinski definition) is 4. The maximum absolute atomic E-state index is 11.7. The molecule has 0 radical (unpaired) electrons. The Morgan fingerprint density at radius 1 is 1.22 bits per heavy atom. The average molecular weight is 409 g/mol. The summed E-state index contributed by atoms with van der Waals surface area (Å²) in [5, 5.41) is 3.99. The van der Waals surface area contributed by atoms with Gasteiger partial charge in [-0.3, -0.25) is 4.79 Å². The Hall–Kier alpha value is -1.24. The number of amides is 1. The molecule has 0 aliphatic heterocycles. The fourth-order valence-corrected chi connectivity index (χ4v) is 3.61. The average Bonchev–Trinajstić information content (AvgIpc) is 2.57. The van der Waals surface area contributed by atoms with E-state index in [1.165, 1.54) is 10.5 Å². The van der Waals surface area contributed by atoms with Gasteiger partial charge in [0.1, 0.15) is 0 Å². The van der Waals surface area contributed by atoms with Gasteiger partial charge in [-0.05, 0) is 35.6 Å². The van der Waals surface area contributed by atoms with Gasteiger partial charge in [0.05, 0.1) is 12.0 Å². The van der Waals surface area contributed by atoms with Crippen LogP contribution >= 0.6 is 39.5 Å². The molecule has 1 N–H and O–H groups in total. The Balaban J connectivity index is 1.72. The molecule has 0 aromatic heterocycles. The number of nitrogens with zero attached hydrogens (tertiary/aromatic N) is 1. The Kier molecular flexibility index (Phi) is 7.71. The SMILES string of the molecule is CSc1ccc(/C=N/NC(=O)CSCc2ccccc2Br)cc1. The highest BCUT2D eigenvalue weighted by molar-refractivity contribution is 9.10. The highest BCUT2D eigenvalue weighted by atomic mass is 79.9. The second-order valence-corrected chi connectivity index (χ2v) is 7.37. The molecule has 0 aliphatic carbocycles. The molecule has 0 saturated carbocycles. The number of nitrogens with one attached hydrogen (secondary N) is 1. The summed E-state index contributed by atoms with van der Waals surface area (Å²) in [4.78, 5) is 13.0. The van der Waals surface area contributed by atoms with E-state index in [0.717, 1.165) is 15.8 Å². The molecule has 2 aromatic carbocycles. The van der Waals surface area contributed by atoms with Gasteiger partial charge in [-0.2, -0.15) is 5.10 Å². The van der Waals surface area contributed by atoms with Crippen molar-refractivity contribution in [3.05, 3.63) is 64.1 Å². The fraction of sp³-hybridized carbons (Fsp3) is 0.176. The molecule has 6 heteroatoms. The molecule has 0 bridgehead atoms. The van der Waals surface area contributed by atoms with Crippen LogP contribution in [-0.2, 0) is 10.5 Å². The summed E-state index contributed by atoms with van der Waals surface area (Å²) in [6, 6.07) is 16.0. The number of halogens is 1. The first-order valence-corrected chi connectivity index (χ1v) is 10.1. The number of rotatable bonds is 7. The predicted molar refractivity (Wildman–Crippen MR) is 104 cm³/mol. The van der Waals surface area contributed by atoms with Crippen molar-refractivity contribution in [2.45, 2.75) is 10.6 Å². The first kappa shape index (κ1) is 18.1. The Labute approximate surface area is 153 Å². The minimum absolute atomic E-state index is 0.0981. The summed E-state index contributed by atoms with van der Waals surface area (Å²) in [7, 11) is 0. The molecule has 0 spiro atoms. The molecule has 0 saturated heterocycles. The third kappa shape index (κ3) is 6.41. The molecule has 0 unspecified atom stereocenters. The minimum atomic E-state index is -0.0981. The summed E-state index contributed by atoms with van der Waals surface area (Å²) >= 11 is 6.76. The Morgan fingerprint density at radius 3 is 2.65 bits per heavy atom. The normalized spacial score (nSPS) is 10.9. The van der Waals surface area contributed by atoms with Crippen molar-refractivity contribution in [1.29, 1.82) is 0 Å². The van der Waals surface area contributed by atoms with Crippen molar-refractivity contribution >= 4 is 51.6 Å². The van der Waals surface area contributed by atoms with Crippen LogP contribution < -0.4 is 5.43 Å². The van der Waals surface area contributed by atoms with E-state index in [9.17, 15) is 4.79 Å². The number of hydrazone groups is 1. The molecule has 1 amide bonds. The lowest BCUT2D eigenvalue weighted by molar-refractivity contribution is -0.118. The fourth-order valence-electron chi connectivity index (χ4n) is 1.77. The molecule has 120 valence electrons. The van der Waals surface area contributed by atoms with Gasteiger partial charge in [-0.15, -0.1) is 23.5 Å². The maximum atomic E-state index is 11.7. The summed E-state index contributed by atoms with van der Waals surface area (Å²) in [5.74, 6) is 1.07. The van der Waals surface area contributed by atoms with E-state index in [1.54, 1.807) is 29.7 Å². The van der Waals surface area contributed by atoms with E-state index in [2.05, 4.69) is 26.5 Å². The molecule has 2 rings (SSSR count). The number of thioether (sulfide) groups is 2. The van der Waals surface area contributed by atoms with Crippen LogP contribution in [0.25, 0.3) is 0 Å². The largest absolute Gasteiger partial charge is 0.272 e. The molecule has 0 aliphatic rings. The van der Waals surface area contributed by atoms with E-state index in [-0.39, 0.29) is 5.91 Å². The summed E-state index contributed by atoms with van der Waals surface area (Å²) in [6.45, 7) is 0. The van der Waals surface area contributed by atoms with E-state index >= 15 is 0 Å². The van der Waals surface area contributed by atoms with E-state index in [1.807, 2.05) is 54.8 Å². The molecule has 23 heavy (non-hydrogen) atoms. The summed E-state index contributed by atoms with van der Waals surface area (Å²) in [5.41, 5.74) is 4.70. The van der Waals surface area contributed by atoms with Crippen LogP contribution in [0.5, 0.6) is 0 Å². The van der Waals surface area contributed by atoms with Crippen molar-refractivity contribution in [3.63, 3.8) is 0 Å². The lowest BCUT2D eigenvalue weighted by Gasteiger charge is -2.03. The Morgan fingerprint density at radius 2 is 1.96 bits per heavy atom. The van der Waals surface area contributed by atoms with Gasteiger partial charge >= 0.3 is 0 Å². The number of carbonyl (C=O) groups is 1. The predicted octanol–water partition coefficient (Wildman–Crippen LogP) is 4.55. The molecule has 3 nitrogen and oxygen atoms in total. The monoisotopic (exact) mass is 408 g/mol. The minimum Gasteiger partial charge on any atom is -0.272 e. The third-order valence-corrected chi connectivity index (χ3v) is 5.47. The third-order valence-electron chi connectivity index (χ3n) is 2.97. The van der Waals surface area contributed by atoms with Crippen LogP contribution in [0.15, 0.2) is 63.0 Å². The first-order valence-electron chi connectivity index (χ1n) is 6.96. The number of hydrogen-bond donors (Lipinski definition) is 1. The molecular weight excluding hydrogens is 392 g/mol. The quantitative estimate of drug-likeness (QED) is 0.414. The van der Waals surface area contributed by atoms with Crippen LogP contribution in [0.2, 0.25) is 0 Å². The van der Waals surface area contributed by atoms with Crippen molar-refractivity contribution in [1.82, 2.24) is 5.43 Å². The van der Waals surface area contributed by atoms with Gasteiger partial charge in [-0.1, -0.05) is 46.3 Å². The van der Waals surface area contributed by atoms with Gasteiger partial charge in [0, 0.05) is 15.1 Å². The lowest BCUT2D eigenvalue weighted by atomic mass is 10.2. The van der Waals surface area contributed by atoms with Crippen molar-refractivity contribution in [2.75, 3.05) is 12.0 Å². The number of benzene rings is 2. The first-order chi connectivity index (χ1) is 11.2. The van der Waals surface area contributed by atoms with Gasteiger partial charge in [0.2, 0.25) is 5.91 Å². The van der Waals surface area contributed by atoms with Gasteiger partial charge in [0.15, 0.2) is 0 Å². The van der Waals surface area contributed by atoms with Crippen LogP contribution in [0.1, 0.15) is 11.1 Å². The standard InChI is InChI=1S/C17H17BrN2OS2/c1-22-15-8-6-13(7-9-15)10-19-20-17(21)12-23-11-14-4-2-3-5-16(14)18/h2-10H,11-12H2,1H3,(H,20,21)/b19-10+. The van der Waals surface area contributed by atoms with Crippen LogP contribution in [-0.4, -0.2) is 24.1 Å². The van der Waals surface area contributed by atoms with E-state index in [4.69, 9.17) is 0 Å². The van der Waals surface area contributed by atoms with E-state index in [0.29, 0.717) is 5.75 Å². The second-order valence-electron chi connectivity index (χ2n) is 4.65. The van der Waals surface area contributed by atoms with Crippen LogP contribution in [0, 0.1) is 0 Å². The van der Waals surface area contributed by atoms with Crippen LogP contribution in [0.4, 0.5) is 0 Å². The summed E-state index contributed by atoms with van der Waals surface area (Å²) < 4.78 is 1.07. The smallest absolute Gasteiger partial charge is 0.250 e. The molecule has 2 aromatic rings. The maximum Gasteiger partial charge on any atom is 0.250 e. The van der Waals surface area contributed by atoms with Crippen molar-refractivity contribution in [3.8, 4) is 0 Å². The van der Waals surface area contributed by atoms with Gasteiger partial charge in [0.25, 0.3) is 0 Å². The van der Waals surface area contributed by atoms with Crippen molar-refractivity contribution < 1.29 is 4.79 Å². The highest BCUT2D eigenvalue weighted by Crippen LogP contribution is 2.21. The van der Waals surface area contributed by atoms with Gasteiger partial charge in [-0.25, -0.2) is 5.43 Å². The van der Waals surface area contributed by atoms with Gasteiger partial charge < -0.3 is 0 Å². The molecule has 0 atom stereocenters. The molecular formula is C17H17BrN2OS2. The zero-order valence-electron chi connectivity index (χ0n) is 12.7. The molecule has 0 fully saturated rings. The Bertz CT molecular complexity index is 675. The highest BCUT2D eigenvalue weighted by Gasteiger charge is 2.02.